The molecular weight excluding hydrogens is 498 g/mol. The molecule has 3 heterocycles. The maximum Gasteiger partial charge on any atom is 0.161 e. The van der Waals surface area contributed by atoms with E-state index in [0.29, 0.717) is 18.0 Å². The van der Waals surface area contributed by atoms with Crippen molar-refractivity contribution in [3.8, 4) is 17.6 Å². The molecule has 7 heteroatoms. The number of piperidine rings is 1. The molecular formula is C33H37N5O2. The summed E-state index contributed by atoms with van der Waals surface area (Å²) in [6.45, 7) is 9.66. The standard InChI is InChI=1S/C33H37N5O2/c1-4-39-32(3)33(19-21-36(22-20-33)24-25-11-7-5-8-12-25)37-30(35)29(23-34)31(2,38(32)37)26-15-17-28(18-16-26)40-27-13-9-6-10-14-27/h5-18H,4,19-22,24,35H2,1-3H3. The van der Waals surface area contributed by atoms with Crippen LogP contribution >= 0.6 is 0 Å². The largest absolute Gasteiger partial charge is 0.457 e. The van der Waals surface area contributed by atoms with Gasteiger partial charge in [-0.15, -0.1) is 0 Å². The molecule has 2 fully saturated rings. The van der Waals surface area contributed by atoms with E-state index >= 15 is 0 Å². The van der Waals surface area contributed by atoms with Crippen molar-refractivity contribution in [1.29, 1.82) is 5.26 Å². The van der Waals surface area contributed by atoms with E-state index in [1.807, 2.05) is 61.5 Å². The number of hydrogen-bond acceptors (Lipinski definition) is 7. The van der Waals surface area contributed by atoms with E-state index < -0.39 is 11.3 Å². The van der Waals surface area contributed by atoms with E-state index in [0.717, 1.165) is 49.5 Å². The third kappa shape index (κ3) is 3.82. The van der Waals surface area contributed by atoms with Crippen molar-refractivity contribution in [2.75, 3.05) is 19.7 Å². The van der Waals surface area contributed by atoms with Crippen LogP contribution in [0.25, 0.3) is 0 Å². The Kier molecular flexibility index (Phi) is 6.58. The normalized spacial score (nSPS) is 25.9. The van der Waals surface area contributed by atoms with Crippen LogP contribution in [0.15, 0.2) is 96.3 Å². The van der Waals surface area contributed by atoms with Crippen LogP contribution in [0.1, 0.15) is 44.7 Å². The Labute approximate surface area is 237 Å². The molecule has 2 unspecified atom stereocenters. The van der Waals surface area contributed by atoms with E-state index in [1.165, 1.54) is 5.56 Å². The maximum absolute atomic E-state index is 10.4. The minimum atomic E-state index is -0.777. The second kappa shape index (κ2) is 9.97. The molecule has 3 aromatic carbocycles. The topological polar surface area (TPSA) is 78.0 Å². The Bertz CT molecular complexity index is 1430. The SMILES string of the molecule is CCOC1(C)N2N(C(N)=C(C#N)C2(C)c2ccc(Oc3ccccc3)cc2)C12CCN(Cc1ccccc1)CC2. The van der Waals surface area contributed by atoms with Gasteiger partial charge in [-0.3, -0.25) is 9.91 Å². The molecule has 1 spiro atoms. The van der Waals surface area contributed by atoms with Crippen LogP contribution in [-0.2, 0) is 16.8 Å². The molecule has 6 rings (SSSR count). The number of nitrogens with zero attached hydrogens (tertiary/aromatic N) is 4. The van der Waals surface area contributed by atoms with Crippen LogP contribution in [-0.4, -0.2) is 45.9 Å². The number of benzene rings is 3. The first-order chi connectivity index (χ1) is 19.4. The molecule has 0 aromatic heterocycles. The number of nitriles is 1. The van der Waals surface area contributed by atoms with Crippen molar-refractivity contribution < 1.29 is 9.47 Å². The Hall–Kier alpha value is -3.83. The fourth-order valence-corrected chi connectivity index (χ4v) is 7.14. The van der Waals surface area contributed by atoms with Crippen LogP contribution in [0.5, 0.6) is 11.5 Å². The molecule has 2 N–H and O–H groups in total. The van der Waals surface area contributed by atoms with Crippen LogP contribution in [0.4, 0.5) is 0 Å². The first kappa shape index (κ1) is 26.4. The fraction of sp³-hybridized carbons (Fsp3) is 0.364. The minimum Gasteiger partial charge on any atom is -0.457 e. The molecule has 7 nitrogen and oxygen atoms in total. The molecule has 2 atom stereocenters. The van der Waals surface area contributed by atoms with E-state index in [9.17, 15) is 5.26 Å². The van der Waals surface area contributed by atoms with Gasteiger partial charge in [0.1, 0.15) is 34.5 Å². The molecule has 40 heavy (non-hydrogen) atoms. The van der Waals surface area contributed by atoms with E-state index in [-0.39, 0.29) is 5.54 Å². The summed E-state index contributed by atoms with van der Waals surface area (Å²) in [5.74, 6) is 2.05. The minimum absolute atomic E-state index is 0.323. The van der Waals surface area contributed by atoms with Crippen LogP contribution in [0.2, 0.25) is 0 Å². The lowest BCUT2D eigenvalue weighted by Gasteiger charge is -2.73. The first-order valence-electron chi connectivity index (χ1n) is 14.1. The molecule has 0 radical (unpaired) electrons. The zero-order valence-corrected chi connectivity index (χ0v) is 23.5. The van der Waals surface area contributed by atoms with E-state index in [1.54, 1.807) is 0 Å². The predicted molar refractivity (Wildman–Crippen MR) is 155 cm³/mol. The number of likely N-dealkylation sites (tertiary alicyclic amines) is 1. The maximum atomic E-state index is 10.4. The highest BCUT2D eigenvalue weighted by molar-refractivity contribution is 5.51. The second-order valence-electron chi connectivity index (χ2n) is 11.2. The lowest BCUT2D eigenvalue weighted by molar-refractivity contribution is -0.417. The van der Waals surface area contributed by atoms with Gasteiger partial charge in [0.05, 0.1) is 5.57 Å². The van der Waals surface area contributed by atoms with Crippen molar-refractivity contribution >= 4 is 0 Å². The quantitative estimate of drug-likeness (QED) is 0.414. The molecule has 3 aliphatic rings. The third-order valence-corrected chi connectivity index (χ3v) is 9.13. The third-order valence-electron chi connectivity index (χ3n) is 9.13. The lowest BCUT2D eigenvalue weighted by Crippen LogP contribution is -2.88. The van der Waals surface area contributed by atoms with E-state index in [2.05, 4.69) is 65.2 Å². The second-order valence-corrected chi connectivity index (χ2v) is 11.2. The summed E-state index contributed by atoms with van der Waals surface area (Å²) in [6.07, 6.45) is 1.79. The number of hydrazine groups is 1. The molecule has 2 saturated heterocycles. The van der Waals surface area contributed by atoms with Gasteiger partial charge >= 0.3 is 0 Å². The van der Waals surface area contributed by atoms with Crippen molar-refractivity contribution in [2.45, 2.75) is 57.0 Å². The summed E-state index contributed by atoms with van der Waals surface area (Å²) in [4.78, 5) is 2.50. The van der Waals surface area contributed by atoms with Gasteiger partial charge in [-0.25, -0.2) is 0 Å². The average Bonchev–Trinajstić information content (AvgIpc) is 3.20. The highest BCUT2D eigenvalue weighted by Crippen LogP contribution is 2.64. The molecule has 0 saturated carbocycles. The fourth-order valence-electron chi connectivity index (χ4n) is 7.14. The highest BCUT2D eigenvalue weighted by Gasteiger charge is 2.76. The predicted octanol–water partition coefficient (Wildman–Crippen LogP) is 5.72. The summed E-state index contributed by atoms with van der Waals surface area (Å²) in [7, 11) is 0. The molecule has 206 valence electrons. The Balaban J connectivity index is 1.30. The van der Waals surface area contributed by atoms with Crippen LogP contribution in [0, 0.1) is 11.3 Å². The Morgan fingerprint density at radius 1 is 0.875 bits per heavy atom. The first-order valence-corrected chi connectivity index (χ1v) is 14.1. The summed E-state index contributed by atoms with van der Waals surface area (Å²) < 4.78 is 12.7. The number of fused-ring (bicyclic) bond motifs is 2. The van der Waals surface area contributed by atoms with Gasteiger partial charge in [-0.2, -0.15) is 10.3 Å². The molecule has 3 aromatic rings. The Morgan fingerprint density at radius 3 is 2.08 bits per heavy atom. The molecule has 0 bridgehead atoms. The van der Waals surface area contributed by atoms with Gasteiger partial charge in [0.25, 0.3) is 0 Å². The van der Waals surface area contributed by atoms with Crippen molar-refractivity contribution in [1.82, 2.24) is 14.9 Å². The van der Waals surface area contributed by atoms with Gasteiger partial charge in [0.2, 0.25) is 0 Å². The van der Waals surface area contributed by atoms with Crippen LogP contribution in [0.3, 0.4) is 0 Å². The summed E-state index contributed by atoms with van der Waals surface area (Å²) in [5, 5.41) is 14.8. The van der Waals surface area contributed by atoms with E-state index in [4.69, 9.17) is 15.2 Å². The van der Waals surface area contributed by atoms with Gasteiger partial charge in [-0.05, 0) is 69.0 Å². The van der Waals surface area contributed by atoms with Crippen molar-refractivity contribution in [3.05, 3.63) is 107 Å². The molecule has 3 aliphatic heterocycles. The monoisotopic (exact) mass is 535 g/mol. The Morgan fingerprint density at radius 2 is 1.48 bits per heavy atom. The van der Waals surface area contributed by atoms with Gasteiger partial charge in [0, 0.05) is 26.2 Å². The number of rotatable bonds is 7. The summed E-state index contributed by atoms with van der Waals surface area (Å²) in [6, 6.07) is 30.8. The number of hydrogen-bond donors (Lipinski definition) is 1. The summed E-state index contributed by atoms with van der Waals surface area (Å²) in [5.41, 5.74) is 7.97. The van der Waals surface area contributed by atoms with Crippen molar-refractivity contribution in [3.63, 3.8) is 0 Å². The summed E-state index contributed by atoms with van der Waals surface area (Å²) >= 11 is 0. The number of ether oxygens (including phenoxy) is 2. The number of para-hydroxylation sites is 1. The lowest BCUT2D eigenvalue weighted by atomic mass is 9.71. The molecule has 0 amide bonds. The van der Waals surface area contributed by atoms with Gasteiger partial charge in [0.15, 0.2) is 5.72 Å². The van der Waals surface area contributed by atoms with Gasteiger partial charge in [-0.1, -0.05) is 60.7 Å². The zero-order valence-electron chi connectivity index (χ0n) is 23.5. The van der Waals surface area contributed by atoms with Gasteiger partial charge < -0.3 is 15.2 Å². The smallest absolute Gasteiger partial charge is 0.161 e. The average molecular weight is 536 g/mol. The zero-order chi connectivity index (χ0) is 28.0. The number of nitrogens with two attached hydrogens (primary N) is 1. The highest BCUT2D eigenvalue weighted by atomic mass is 16.5. The van der Waals surface area contributed by atoms with Crippen molar-refractivity contribution in [2.24, 2.45) is 5.73 Å². The molecule has 0 aliphatic carbocycles. The van der Waals surface area contributed by atoms with Crippen LogP contribution < -0.4 is 10.5 Å².